The summed E-state index contributed by atoms with van der Waals surface area (Å²) < 4.78 is 0. The third-order valence-electron chi connectivity index (χ3n) is 6.02. The Morgan fingerprint density at radius 2 is 1.67 bits per heavy atom. The van der Waals surface area contributed by atoms with E-state index in [0.29, 0.717) is 6.42 Å². The number of carbonyl (C=O) groups is 5. The number of fused-ring (bicyclic) bond motifs is 1. The van der Waals surface area contributed by atoms with Crippen LogP contribution in [0.5, 0.6) is 0 Å². The van der Waals surface area contributed by atoms with Gasteiger partial charge in [-0.05, 0) is 24.5 Å². The van der Waals surface area contributed by atoms with Gasteiger partial charge in [0.15, 0.2) is 0 Å². The second-order valence-electron chi connectivity index (χ2n) is 8.84. The summed E-state index contributed by atoms with van der Waals surface area (Å²) in [7, 11) is 0. The Morgan fingerprint density at radius 1 is 1.00 bits per heavy atom. The Hall–Kier alpha value is -3.93. The van der Waals surface area contributed by atoms with E-state index in [-0.39, 0.29) is 12.3 Å². The van der Waals surface area contributed by atoms with E-state index in [1.165, 1.54) is 6.92 Å². The van der Waals surface area contributed by atoms with Crippen LogP contribution in [0.15, 0.2) is 30.5 Å². The number of para-hydroxylation sites is 1. The first-order valence-electron chi connectivity index (χ1n) is 11.7. The van der Waals surface area contributed by atoms with Crippen LogP contribution in [-0.2, 0) is 30.4 Å². The first-order valence-corrected chi connectivity index (χ1v) is 11.7. The van der Waals surface area contributed by atoms with Crippen molar-refractivity contribution in [3.63, 3.8) is 0 Å². The van der Waals surface area contributed by atoms with Crippen molar-refractivity contribution in [2.75, 3.05) is 0 Å². The lowest BCUT2D eigenvalue weighted by molar-refractivity contribution is -0.143. The van der Waals surface area contributed by atoms with Crippen LogP contribution in [0.2, 0.25) is 0 Å². The molecule has 196 valence electrons. The fourth-order valence-electron chi connectivity index (χ4n) is 3.66. The van der Waals surface area contributed by atoms with E-state index in [2.05, 4.69) is 20.9 Å². The molecule has 5 atom stereocenters. The SMILES string of the molecule is CCC(C)C(NC(=O)C(C)NC(=O)C(Cc1c[nH]c2ccccc12)NC(=O)C(N)CC(N)=O)C(=O)O. The number of carboxylic acids is 1. The molecule has 0 aliphatic heterocycles. The number of H-pyrrole nitrogens is 1. The van der Waals surface area contributed by atoms with Crippen molar-refractivity contribution in [2.24, 2.45) is 17.4 Å². The number of aromatic nitrogens is 1. The summed E-state index contributed by atoms with van der Waals surface area (Å²) in [5.74, 6) is -4.39. The normalized spacial score (nSPS) is 15.2. The number of nitrogens with two attached hydrogens (primary N) is 2. The second-order valence-corrected chi connectivity index (χ2v) is 8.84. The number of carboxylic acid groups (broad SMARTS) is 1. The highest BCUT2D eigenvalue weighted by atomic mass is 16.4. The van der Waals surface area contributed by atoms with Gasteiger partial charge in [-0.2, -0.15) is 0 Å². The molecule has 12 nitrogen and oxygen atoms in total. The van der Waals surface area contributed by atoms with Crippen molar-refractivity contribution in [1.82, 2.24) is 20.9 Å². The Morgan fingerprint density at radius 3 is 2.28 bits per heavy atom. The Balaban J connectivity index is 2.20. The minimum absolute atomic E-state index is 0.0594. The molecule has 0 saturated carbocycles. The van der Waals surface area contributed by atoms with Crippen LogP contribution < -0.4 is 27.4 Å². The lowest BCUT2D eigenvalue weighted by Crippen LogP contribution is -2.57. The average molecular weight is 503 g/mol. The van der Waals surface area contributed by atoms with E-state index in [1.807, 2.05) is 24.3 Å². The molecule has 1 aromatic carbocycles. The number of aliphatic carboxylic acids is 1. The molecule has 0 fully saturated rings. The summed E-state index contributed by atoms with van der Waals surface area (Å²) in [5, 5.41) is 17.8. The van der Waals surface area contributed by atoms with Gasteiger partial charge in [0, 0.05) is 23.5 Å². The monoisotopic (exact) mass is 502 g/mol. The molecule has 9 N–H and O–H groups in total. The molecular weight excluding hydrogens is 468 g/mol. The van der Waals surface area contributed by atoms with Crippen molar-refractivity contribution in [3.05, 3.63) is 36.0 Å². The van der Waals surface area contributed by atoms with Gasteiger partial charge in [-0.1, -0.05) is 38.5 Å². The van der Waals surface area contributed by atoms with Gasteiger partial charge in [0.1, 0.15) is 18.1 Å². The van der Waals surface area contributed by atoms with Gasteiger partial charge in [-0.25, -0.2) is 4.79 Å². The number of primary amides is 1. The molecule has 0 saturated heterocycles. The average Bonchev–Trinajstić information content (AvgIpc) is 3.23. The second kappa shape index (κ2) is 12.7. The van der Waals surface area contributed by atoms with E-state index >= 15 is 0 Å². The lowest BCUT2D eigenvalue weighted by atomic mass is 9.99. The molecule has 2 aromatic rings. The topological polar surface area (TPSA) is 210 Å². The van der Waals surface area contributed by atoms with Crippen LogP contribution >= 0.6 is 0 Å². The zero-order chi connectivity index (χ0) is 27.0. The van der Waals surface area contributed by atoms with Crippen LogP contribution in [0, 0.1) is 5.92 Å². The van der Waals surface area contributed by atoms with Crippen molar-refractivity contribution in [1.29, 1.82) is 0 Å². The smallest absolute Gasteiger partial charge is 0.326 e. The van der Waals surface area contributed by atoms with Gasteiger partial charge in [0.25, 0.3) is 0 Å². The highest BCUT2D eigenvalue weighted by Crippen LogP contribution is 2.19. The minimum atomic E-state index is -1.26. The fraction of sp³-hybridized carbons (Fsp3) is 0.458. The largest absolute Gasteiger partial charge is 0.480 e. The Kier molecular flexibility index (Phi) is 9.97. The molecule has 0 aliphatic rings. The summed E-state index contributed by atoms with van der Waals surface area (Å²) in [6, 6.07) is 2.79. The Labute approximate surface area is 208 Å². The zero-order valence-corrected chi connectivity index (χ0v) is 20.5. The van der Waals surface area contributed by atoms with Gasteiger partial charge in [0.2, 0.25) is 23.6 Å². The quantitative estimate of drug-likeness (QED) is 0.191. The van der Waals surface area contributed by atoms with Crippen LogP contribution in [0.1, 0.15) is 39.2 Å². The highest BCUT2D eigenvalue weighted by molar-refractivity contribution is 5.95. The summed E-state index contributed by atoms with van der Waals surface area (Å²) in [6.07, 6.45) is 1.89. The number of aromatic amines is 1. The predicted octanol–water partition coefficient (Wildman–Crippen LogP) is -0.482. The first-order chi connectivity index (χ1) is 16.9. The number of amides is 4. The van der Waals surface area contributed by atoms with E-state index in [4.69, 9.17) is 11.5 Å². The standard InChI is InChI=1S/C24H34N6O6/c1-4-12(2)20(24(35)36)30-21(32)13(3)28-23(34)18(29-22(33)16(25)10-19(26)31)9-14-11-27-17-8-6-5-7-15(14)17/h5-8,11-13,16,18,20,27H,4,9-10,25H2,1-3H3,(H2,26,31)(H,28,34)(H,29,33)(H,30,32)(H,35,36). The summed E-state index contributed by atoms with van der Waals surface area (Å²) in [5.41, 5.74) is 12.4. The molecule has 5 unspecified atom stereocenters. The highest BCUT2D eigenvalue weighted by Gasteiger charge is 2.30. The minimum Gasteiger partial charge on any atom is -0.480 e. The maximum atomic E-state index is 13.1. The van der Waals surface area contributed by atoms with Crippen molar-refractivity contribution in [3.8, 4) is 0 Å². The number of carbonyl (C=O) groups excluding carboxylic acids is 4. The van der Waals surface area contributed by atoms with E-state index in [1.54, 1.807) is 20.0 Å². The molecule has 1 heterocycles. The van der Waals surface area contributed by atoms with E-state index in [9.17, 15) is 29.1 Å². The summed E-state index contributed by atoms with van der Waals surface area (Å²) in [6.45, 7) is 4.91. The number of hydrogen-bond acceptors (Lipinski definition) is 6. The van der Waals surface area contributed by atoms with Gasteiger partial charge in [0.05, 0.1) is 12.5 Å². The maximum absolute atomic E-state index is 13.1. The van der Waals surface area contributed by atoms with Crippen molar-refractivity contribution >= 4 is 40.5 Å². The fourth-order valence-corrected chi connectivity index (χ4v) is 3.66. The number of hydrogen-bond donors (Lipinski definition) is 7. The molecule has 2 rings (SSSR count). The third-order valence-corrected chi connectivity index (χ3v) is 6.02. The molecule has 4 amide bonds. The van der Waals surface area contributed by atoms with Gasteiger partial charge < -0.3 is 37.5 Å². The van der Waals surface area contributed by atoms with Gasteiger partial charge in [-0.15, -0.1) is 0 Å². The molecule has 0 spiro atoms. The van der Waals surface area contributed by atoms with Crippen molar-refractivity contribution < 1.29 is 29.1 Å². The van der Waals surface area contributed by atoms with Crippen molar-refractivity contribution in [2.45, 2.75) is 64.2 Å². The van der Waals surface area contributed by atoms with Gasteiger partial charge in [-0.3, -0.25) is 19.2 Å². The number of nitrogens with one attached hydrogen (secondary N) is 4. The molecule has 0 radical (unpaired) electrons. The third kappa shape index (κ3) is 7.54. The maximum Gasteiger partial charge on any atom is 0.326 e. The number of rotatable bonds is 13. The molecule has 1 aromatic heterocycles. The first kappa shape index (κ1) is 28.3. The summed E-state index contributed by atoms with van der Waals surface area (Å²) in [4.78, 5) is 64.1. The Bertz CT molecular complexity index is 1120. The lowest BCUT2D eigenvalue weighted by Gasteiger charge is -2.25. The zero-order valence-electron chi connectivity index (χ0n) is 20.5. The number of benzene rings is 1. The molecular formula is C24H34N6O6. The molecule has 0 aliphatic carbocycles. The summed E-state index contributed by atoms with van der Waals surface area (Å²) >= 11 is 0. The van der Waals surface area contributed by atoms with Crippen LogP contribution in [0.3, 0.4) is 0 Å². The van der Waals surface area contributed by atoms with E-state index < -0.39 is 60.2 Å². The van der Waals surface area contributed by atoms with Crippen LogP contribution in [0.25, 0.3) is 10.9 Å². The van der Waals surface area contributed by atoms with Crippen LogP contribution in [0.4, 0.5) is 0 Å². The molecule has 36 heavy (non-hydrogen) atoms. The molecule has 0 bridgehead atoms. The predicted molar refractivity (Wildman–Crippen MR) is 132 cm³/mol. The van der Waals surface area contributed by atoms with Crippen LogP contribution in [-0.4, -0.2) is 63.9 Å². The van der Waals surface area contributed by atoms with E-state index in [0.717, 1.165) is 16.5 Å². The molecule has 12 heteroatoms. The van der Waals surface area contributed by atoms with Gasteiger partial charge >= 0.3 is 5.97 Å².